The number of nitrogen functional groups attached to an aromatic ring is 1. The second-order valence-electron chi connectivity index (χ2n) is 10.4. The van der Waals surface area contributed by atoms with Crippen molar-refractivity contribution in [2.75, 3.05) is 11.1 Å². The van der Waals surface area contributed by atoms with Gasteiger partial charge in [-0.05, 0) is 54.3 Å². The van der Waals surface area contributed by atoms with E-state index in [4.69, 9.17) is 16.6 Å². The fourth-order valence-electron chi connectivity index (χ4n) is 4.75. The van der Waals surface area contributed by atoms with Crippen molar-refractivity contribution in [2.45, 2.75) is 44.7 Å². The van der Waals surface area contributed by atoms with E-state index in [9.17, 15) is 33.5 Å². The van der Waals surface area contributed by atoms with Gasteiger partial charge in [-0.25, -0.2) is 9.18 Å². The molecule has 0 aliphatic carbocycles. The number of benzene rings is 3. The van der Waals surface area contributed by atoms with Crippen LogP contribution in [0.1, 0.15) is 35.2 Å². The number of halogens is 1. The van der Waals surface area contributed by atoms with E-state index in [1.165, 1.54) is 6.07 Å². The Balaban J connectivity index is 0.00000384. The Kier molecular flexibility index (Phi) is 13.5. The zero-order chi connectivity index (χ0) is 32.8. The number of carboxylic acids is 2. The number of carbonyl (C=O) groups excluding carboxylic acids is 3. The van der Waals surface area contributed by atoms with Gasteiger partial charge < -0.3 is 32.3 Å². The van der Waals surface area contributed by atoms with Gasteiger partial charge in [-0.15, -0.1) is 5.10 Å². The number of nitrogens with zero attached hydrogens (tertiary/aromatic N) is 2. The number of nitrogens with two attached hydrogens (primary N) is 2. The molecule has 8 N–H and O–H groups in total. The van der Waals surface area contributed by atoms with Crippen molar-refractivity contribution in [3.05, 3.63) is 77.6 Å². The molecule has 16 heteroatoms. The predicted octanol–water partition coefficient (Wildman–Crippen LogP) is 2.93. The Morgan fingerprint density at radius 1 is 1.00 bits per heavy atom. The van der Waals surface area contributed by atoms with Crippen molar-refractivity contribution in [3.63, 3.8) is 0 Å². The summed E-state index contributed by atoms with van der Waals surface area (Å²) in [5, 5.41) is 27.6. The smallest absolute Gasteiger partial charge is 0.326 e. The van der Waals surface area contributed by atoms with E-state index in [-0.39, 0.29) is 51.6 Å². The van der Waals surface area contributed by atoms with E-state index in [0.29, 0.717) is 33.3 Å². The number of amides is 2. The van der Waals surface area contributed by atoms with Gasteiger partial charge in [-0.2, -0.15) is 31.7 Å². The molecule has 3 aromatic carbocycles. The number of hydrogen-bond donors (Lipinski definition) is 6. The summed E-state index contributed by atoms with van der Waals surface area (Å²) in [7, 11) is 0. The molecule has 0 fully saturated rings. The van der Waals surface area contributed by atoms with Crippen LogP contribution in [0.25, 0.3) is 22.0 Å². The highest BCUT2D eigenvalue weighted by Crippen LogP contribution is 2.33. The molecular weight excluding hydrogens is 652 g/mol. The first-order valence-corrected chi connectivity index (χ1v) is 13.8. The number of hydrogen-bond acceptors (Lipinski definition) is 8. The second kappa shape index (κ2) is 16.6. The molecule has 0 bridgehead atoms. The minimum Gasteiger partial charge on any atom is -0.481 e. The van der Waals surface area contributed by atoms with Crippen molar-refractivity contribution < 1.29 is 38.6 Å². The molecule has 2 amide bonds. The van der Waals surface area contributed by atoms with E-state index in [1.54, 1.807) is 54.6 Å². The van der Waals surface area contributed by atoms with Crippen LogP contribution in [0.5, 0.6) is 0 Å². The van der Waals surface area contributed by atoms with Crippen LogP contribution in [0.2, 0.25) is 0 Å². The molecule has 250 valence electrons. The van der Waals surface area contributed by atoms with Crippen LogP contribution >= 0.6 is 27.0 Å². The molecule has 13 nitrogen and oxygen atoms in total. The lowest BCUT2D eigenvalue weighted by atomic mass is 10.0. The first kappa shape index (κ1) is 38.3. The number of aromatic nitrogens is 2. The van der Waals surface area contributed by atoms with Crippen molar-refractivity contribution in [1.29, 1.82) is 0 Å². The van der Waals surface area contributed by atoms with Crippen LogP contribution < -0.4 is 22.1 Å². The van der Waals surface area contributed by atoms with E-state index in [0.717, 1.165) is 10.2 Å². The average Bonchev–Trinajstić information content (AvgIpc) is 3.33. The van der Waals surface area contributed by atoms with Crippen LogP contribution in [-0.4, -0.2) is 61.7 Å². The second-order valence-corrected chi connectivity index (χ2v) is 10.4. The average molecular weight is 687 g/mol. The van der Waals surface area contributed by atoms with E-state index < -0.39 is 54.5 Å². The van der Waals surface area contributed by atoms with Crippen molar-refractivity contribution in [1.82, 2.24) is 15.1 Å². The highest BCUT2D eigenvalue weighted by atomic mass is 32.1. The summed E-state index contributed by atoms with van der Waals surface area (Å²) in [4.78, 5) is 60.3. The van der Waals surface area contributed by atoms with Crippen LogP contribution in [0.3, 0.4) is 0 Å². The van der Waals surface area contributed by atoms with Crippen molar-refractivity contribution in [2.24, 2.45) is 5.73 Å². The normalized spacial score (nSPS) is 11.8. The van der Waals surface area contributed by atoms with E-state index >= 15 is 0 Å². The van der Waals surface area contributed by atoms with Gasteiger partial charge in [0.15, 0.2) is 5.82 Å². The summed E-state index contributed by atoms with van der Waals surface area (Å²) >= 11 is 0. The van der Waals surface area contributed by atoms with Crippen molar-refractivity contribution >= 4 is 79.1 Å². The molecule has 0 unspecified atom stereocenters. The largest absolute Gasteiger partial charge is 0.481 e. The van der Waals surface area contributed by atoms with Crippen molar-refractivity contribution in [3.8, 4) is 11.1 Å². The van der Waals surface area contributed by atoms with Crippen LogP contribution in [0.15, 0.2) is 60.7 Å². The van der Waals surface area contributed by atoms with Gasteiger partial charge in [0.05, 0.1) is 29.8 Å². The molecule has 1 aromatic heterocycles. The minimum absolute atomic E-state index is 0. The fourth-order valence-corrected chi connectivity index (χ4v) is 4.75. The maximum absolute atomic E-state index is 14.1. The first-order chi connectivity index (χ1) is 21.3. The van der Waals surface area contributed by atoms with Crippen LogP contribution in [-0.2, 0) is 25.6 Å². The van der Waals surface area contributed by atoms with E-state index in [1.807, 2.05) is 6.92 Å². The summed E-state index contributed by atoms with van der Waals surface area (Å²) < 4.78 is 15.1. The van der Waals surface area contributed by atoms with Gasteiger partial charge >= 0.3 is 11.9 Å². The quantitative estimate of drug-likeness (QED) is 0.128. The number of aryl methyl sites for hydroxylation is 1. The van der Waals surface area contributed by atoms with Gasteiger partial charge in [0, 0.05) is 12.1 Å². The number of carbonyl (C=O) groups is 5. The maximum atomic E-state index is 14.1. The first-order valence-electron chi connectivity index (χ1n) is 13.8. The Morgan fingerprint density at radius 2 is 1.68 bits per heavy atom. The molecule has 2 atom stereocenters. The molecule has 0 spiro atoms. The van der Waals surface area contributed by atoms with Crippen LogP contribution in [0.4, 0.5) is 15.9 Å². The number of rotatable bonds is 12. The summed E-state index contributed by atoms with van der Waals surface area (Å²) in [6.07, 6.45) is -1.52. The fraction of sp³-hybridized carbons (Fsp3) is 0.226. The molecule has 4 aromatic rings. The Bertz CT molecular complexity index is 1800. The van der Waals surface area contributed by atoms with E-state index in [2.05, 4.69) is 15.7 Å². The third kappa shape index (κ3) is 9.54. The van der Waals surface area contributed by atoms with Gasteiger partial charge in [0.25, 0.3) is 0 Å². The summed E-state index contributed by atoms with van der Waals surface area (Å²) in [6, 6.07) is 13.5. The minimum atomic E-state index is -1.49. The summed E-state index contributed by atoms with van der Waals surface area (Å²) in [5.41, 5.74) is 15.4. The standard InChI is InChI=1S/C31H31FN6O7.2H2S/c1-16-5-10-21(32)18(13-16)14-25(39)35-19-8-6-17(7-9-19)20-3-2-4-24-28(20)29(34)37-38(24)26(40)15-22(33)30(43)36-23(31(44)45)11-12-27(41)42;;/h2-10,13,22-23H,11-12,14-15,33H2,1H3,(H2,34,37)(H,35,39)(H,36,43)(H,41,42)(H,44,45);2*1H2/t22-,23-;;/m0../s1. The Labute approximate surface area is 282 Å². The lowest BCUT2D eigenvalue weighted by Crippen LogP contribution is -2.49. The number of nitrogens with one attached hydrogen (secondary N) is 2. The molecule has 0 aliphatic rings. The lowest BCUT2D eigenvalue weighted by Gasteiger charge is -2.17. The van der Waals surface area contributed by atoms with Crippen LogP contribution in [0, 0.1) is 12.7 Å². The number of carboxylic acid groups (broad SMARTS) is 2. The highest BCUT2D eigenvalue weighted by Gasteiger charge is 2.27. The molecule has 0 saturated heterocycles. The van der Waals surface area contributed by atoms with Gasteiger partial charge in [-0.3, -0.25) is 19.2 Å². The summed E-state index contributed by atoms with van der Waals surface area (Å²) in [6.45, 7) is 1.81. The molecule has 0 aliphatic heterocycles. The molecule has 1 heterocycles. The number of anilines is 2. The highest BCUT2D eigenvalue weighted by molar-refractivity contribution is 7.59. The lowest BCUT2D eigenvalue weighted by molar-refractivity contribution is -0.143. The monoisotopic (exact) mass is 686 g/mol. The molecule has 0 radical (unpaired) electrons. The molecule has 0 saturated carbocycles. The van der Waals surface area contributed by atoms with Gasteiger partial charge in [0.2, 0.25) is 17.7 Å². The maximum Gasteiger partial charge on any atom is 0.326 e. The summed E-state index contributed by atoms with van der Waals surface area (Å²) in [5.74, 6) is -5.10. The Morgan fingerprint density at radius 3 is 2.32 bits per heavy atom. The number of fused-ring (bicyclic) bond motifs is 1. The third-order valence-corrected chi connectivity index (χ3v) is 7.00. The SMILES string of the molecule is Cc1ccc(F)c(CC(=O)Nc2ccc(-c3cccc4c3c(N)nn4C(=O)C[C@H](N)C(=O)N[C@@H](CCC(=O)O)C(=O)O)cc2)c1.S.S. The zero-order valence-corrected chi connectivity index (χ0v) is 27.1. The topological polar surface area (TPSA) is 220 Å². The van der Waals surface area contributed by atoms with Gasteiger partial charge in [-0.1, -0.05) is 42.0 Å². The molecule has 47 heavy (non-hydrogen) atoms. The number of aliphatic carboxylic acids is 2. The molecule has 4 rings (SSSR count). The Hall–Kier alpha value is -4.93. The molecular formula is C31H35FN6O7S2. The zero-order valence-electron chi connectivity index (χ0n) is 25.1. The predicted molar refractivity (Wildman–Crippen MR) is 183 cm³/mol. The van der Waals surface area contributed by atoms with Gasteiger partial charge in [0.1, 0.15) is 11.9 Å². The third-order valence-electron chi connectivity index (χ3n) is 7.00.